The van der Waals surface area contributed by atoms with Gasteiger partial charge in [-0.05, 0) is 66.7 Å². The lowest BCUT2D eigenvalue weighted by atomic mass is 10.1. The third kappa shape index (κ3) is 14.6. The topological polar surface area (TPSA) is 433 Å². The zero-order valence-electron chi connectivity index (χ0n) is 35.5. The van der Waals surface area contributed by atoms with E-state index in [2.05, 4.69) is 39.5 Å². The van der Waals surface area contributed by atoms with Crippen LogP contribution in [0, 0.1) is 0 Å². The first-order valence-electron chi connectivity index (χ1n) is 18.7. The lowest BCUT2D eigenvalue weighted by Gasteiger charge is -2.14. The van der Waals surface area contributed by atoms with E-state index < -0.39 is 124 Å². The number of hydrogen-bond acceptors (Lipinski definition) is 23. The predicted octanol–water partition coefficient (Wildman–Crippen LogP) is 4.34. The molecule has 0 spiro atoms. The van der Waals surface area contributed by atoms with Crippen LogP contribution in [0.4, 0.5) is 34.1 Å². The lowest BCUT2D eigenvalue weighted by molar-refractivity contribution is 0.102. The van der Waals surface area contributed by atoms with Crippen LogP contribution in [0.1, 0.15) is 10.4 Å². The van der Waals surface area contributed by atoms with Gasteiger partial charge in [-0.15, -0.1) is 15.3 Å². The quantitative estimate of drug-likeness (QED) is 0.0374. The average Bonchev–Trinajstić information content (AvgIpc) is 3.25. The van der Waals surface area contributed by atoms with Crippen molar-refractivity contribution in [2.24, 2.45) is 20.5 Å². The van der Waals surface area contributed by atoms with Gasteiger partial charge in [0, 0.05) is 34.2 Å². The summed E-state index contributed by atoms with van der Waals surface area (Å²) in [6.07, 6.45) is 0. The first-order chi connectivity index (χ1) is 32.4. The average molecular weight is 1100 g/mol. The van der Waals surface area contributed by atoms with Crippen molar-refractivity contribution in [1.82, 2.24) is 0 Å². The van der Waals surface area contributed by atoms with Gasteiger partial charge in [-0.2, -0.15) is 38.8 Å². The third-order valence-corrected chi connectivity index (χ3v) is 14.7. The number of azo groups is 2. The molecule has 0 saturated carbocycles. The summed E-state index contributed by atoms with van der Waals surface area (Å²) < 4.78 is 199. The molecule has 1 amide bonds. The van der Waals surface area contributed by atoms with Crippen LogP contribution in [0.25, 0.3) is 10.8 Å². The van der Waals surface area contributed by atoms with Crippen LogP contribution in [0.15, 0.2) is 114 Å². The molecule has 34 heteroatoms. The minimum atomic E-state index is -5.36. The molecule has 5 rings (SSSR count). The van der Waals surface area contributed by atoms with Crippen molar-refractivity contribution in [3.05, 3.63) is 84.4 Å². The highest BCUT2D eigenvalue weighted by Gasteiger charge is 2.27. The summed E-state index contributed by atoms with van der Waals surface area (Å²) in [5, 5.41) is 31.7. The number of nitrogens with zero attached hydrogens (tertiary/aromatic N) is 4. The molecule has 28 nitrogen and oxygen atoms in total. The number of anilines is 2. The van der Waals surface area contributed by atoms with E-state index in [-0.39, 0.29) is 55.4 Å². The molecule has 0 atom stereocenters. The Morgan fingerprint density at radius 1 is 0.600 bits per heavy atom. The fourth-order valence-corrected chi connectivity index (χ4v) is 9.99. The highest BCUT2D eigenvalue weighted by molar-refractivity contribution is 7.92. The second-order valence-corrected chi connectivity index (χ2v) is 23.0. The normalized spacial score (nSPS) is 12.9. The summed E-state index contributed by atoms with van der Waals surface area (Å²) in [7, 11) is -26.2. The minimum Gasteiger partial charge on any atom is -0.505 e. The number of benzene rings is 5. The second kappa shape index (κ2) is 21.4. The molecule has 378 valence electrons. The van der Waals surface area contributed by atoms with Gasteiger partial charge < -0.3 is 25.2 Å². The van der Waals surface area contributed by atoms with Crippen molar-refractivity contribution in [3.63, 3.8) is 0 Å². The van der Waals surface area contributed by atoms with Crippen LogP contribution in [-0.4, -0.2) is 125 Å². The number of rotatable bonds is 22. The number of methoxy groups -OCH3 is 2. The van der Waals surface area contributed by atoms with E-state index in [1.165, 1.54) is 36.4 Å². The molecule has 0 heterocycles. The maximum atomic E-state index is 13.0. The van der Waals surface area contributed by atoms with Gasteiger partial charge in [0.2, 0.25) is 0 Å². The fraction of sp³-hybridized carbons (Fsp3) is 0.194. The number of amides is 1. The highest BCUT2D eigenvalue weighted by atomic mass is 32.3. The van der Waals surface area contributed by atoms with Crippen molar-refractivity contribution in [2.75, 3.05) is 55.4 Å². The van der Waals surface area contributed by atoms with Gasteiger partial charge in [0.15, 0.2) is 25.4 Å². The molecule has 7 N–H and O–H groups in total. The predicted molar refractivity (Wildman–Crippen MR) is 243 cm³/mol. The standard InChI is InChI=1S/C36H36N6O22S6/c1-61-29-19-31(66(47,48)16-14-64-70(58,59)60)30(62-2)18-28(29)40-42-34-32(68(52,53)54)17-26-25(35(34)43)11-12-27(37-20-67(49,50)51)33(26)41-39-23-5-3-21(4-6-23)36(44)38-22-7-9-24(10-8-22)65(45,46)15-13-63-69(55,56)57/h3-12,17-19,37,43H,13-16,20H2,1-2H3,(H,38,44)(H,49,50,51)(H,52,53,54)(H,55,56,57)(H,58,59,60). The van der Waals surface area contributed by atoms with Crippen LogP contribution in [0.2, 0.25) is 0 Å². The highest BCUT2D eigenvalue weighted by Crippen LogP contribution is 2.47. The second-order valence-electron chi connectivity index (χ2n) is 13.7. The summed E-state index contributed by atoms with van der Waals surface area (Å²) in [4.78, 5) is 11.1. The Bertz CT molecular complexity index is 3590. The summed E-state index contributed by atoms with van der Waals surface area (Å²) in [6.45, 7) is -1.84. The van der Waals surface area contributed by atoms with Gasteiger partial charge in [-0.25, -0.2) is 25.2 Å². The van der Waals surface area contributed by atoms with Crippen LogP contribution < -0.4 is 20.1 Å². The van der Waals surface area contributed by atoms with Crippen molar-refractivity contribution in [3.8, 4) is 17.2 Å². The first-order valence-corrected chi connectivity index (χ1v) is 27.8. The summed E-state index contributed by atoms with van der Waals surface area (Å²) in [6, 6.07) is 14.8. The SMILES string of the molecule is COc1cc(S(=O)(=O)CCOS(=O)(=O)O)c(OC)cc1N=Nc1c(S(=O)(=O)O)cc2c(N=Nc3ccc(C(=O)Nc4ccc(S(=O)(=O)CCOS(=O)(=O)O)cc4)cc3)c(NCS(=O)(=O)O)ccc2c1O. The largest absolute Gasteiger partial charge is 0.505 e. The Morgan fingerprint density at radius 2 is 1.17 bits per heavy atom. The minimum absolute atomic E-state index is 0.0288. The number of hydrogen-bond donors (Lipinski definition) is 7. The molecular formula is C36H36N6O22S6. The Labute approximate surface area is 398 Å². The number of fused-ring (bicyclic) bond motifs is 1. The molecule has 0 radical (unpaired) electrons. The molecule has 0 aliphatic heterocycles. The summed E-state index contributed by atoms with van der Waals surface area (Å²) in [5.74, 6) is -5.27. The maximum Gasteiger partial charge on any atom is 0.397 e. The zero-order valence-corrected chi connectivity index (χ0v) is 40.4. The monoisotopic (exact) mass is 1100 g/mol. The van der Waals surface area contributed by atoms with E-state index >= 15 is 0 Å². The molecule has 5 aromatic carbocycles. The number of carbonyl (C=O) groups is 1. The number of aromatic hydroxyl groups is 1. The van der Waals surface area contributed by atoms with E-state index in [0.29, 0.717) is 0 Å². The van der Waals surface area contributed by atoms with Crippen LogP contribution in [-0.2, 0) is 69.1 Å². The first kappa shape index (κ1) is 54.6. The third-order valence-electron chi connectivity index (χ3n) is 9.02. The Kier molecular flexibility index (Phi) is 16.7. The van der Waals surface area contributed by atoms with Gasteiger partial charge >= 0.3 is 20.8 Å². The number of nitrogens with one attached hydrogen (secondary N) is 2. The number of ether oxygens (including phenoxy) is 2. The molecule has 0 fully saturated rings. The zero-order chi connectivity index (χ0) is 52.0. The van der Waals surface area contributed by atoms with Crippen molar-refractivity contribution in [2.45, 2.75) is 14.7 Å². The summed E-state index contributed by atoms with van der Waals surface area (Å²) in [5.41, 5.74) is -1.62. The van der Waals surface area contributed by atoms with E-state index in [9.17, 15) is 69.5 Å². The van der Waals surface area contributed by atoms with Gasteiger partial charge in [-0.3, -0.25) is 23.0 Å². The van der Waals surface area contributed by atoms with E-state index in [0.717, 1.165) is 56.7 Å². The smallest absolute Gasteiger partial charge is 0.397 e. The van der Waals surface area contributed by atoms with Crippen molar-refractivity contribution in [1.29, 1.82) is 0 Å². The van der Waals surface area contributed by atoms with Gasteiger partial charge in [-0.1, -0.05) is 0 Å². The number of carbonyl (C=O) groups excluding carboxylic acids is 1. The maximum absolute atomic E-state index is 13.0. The fourth-order valence-electron chi connectivity index (χ4n) is 5.86. The van der Waals surface area contributed by atoms with Crippen LogP contribution >= 0.6 is 0 Å². The van der Waals surface area contributed by atoms with Crippen molar-refractivity contribution >= 4 is 112 Å². The molecule has 70 heavy (non-hydrogen) atoms. The Balaban J connectivity index is 1.49. The lowest BCUT2D eigenvalue weighted by Crippen LogP contribution is -2.16. The van der Waals surface area contributed by atoms with E-state index in [4.69, 9.17) is 18.6 Å². The van der Waals surface area contributed by atoms with Gasteiger partial charge in [0.25, 0.3) is 26.1 Å². The number of phenols is 1. The number of sulfone groups is 2. The van der Waals surface area contributed by atoms with Crippen molar-refractivity contribution < 1.29 is 96.5 Å². The van der Waals surface area contributed by atoms with Crippen LogP contribution in [0.3, 0.4) is 0 Å². The Hall–Kier alpha value is -6.31. The molecule has 5 aromatic rings. The molecule has 0 aliphatic carbocycles. The molecule has 0 aliphatic rings. The molecule has 0 unspecified atom stereocenters. The molecule has 0 bridgehead atoms. The van der Waals surface area contributed by atoms with Gasteiger partial charge in [0.05, 0.1) is 55.2 Å². The molecular weight excluding hydrogens is 1060 g/mol. The summed E-state index contributed by atoms with van der Waals surface area (Å²) >= 11 is 0. The molecule has 0 saturated heterocycles. The van der Waals surface area contributed by atoms with E-state index in [1.807, 2.05) is 0 Å². The van der Waals surface area contributed by atoms with E-state index in [1.54, 1.807) is 0 Å². The van der Waals surface area contributed by atoms with Crippen LogP contribution in [0.5, 0.6) is 17.2 Å². The Morgan fingerprint density at radius 3 is 1.71 bits per heavy atom. The molecule has 0 aromatic heterocycles. The number of phenolic OH excluding ortho intramolecular Hbond substituents is 1. The van der Waals surface area contributed by atoms with Gasteiger partial charge in [0.1, 0.15) is 44.2 Å².